The van der Waals surface area contributed by atoms with Crippen LogP contribution in [0, 0.1) is 10.1 Å². The number of carbonyl (C=O) groups is 1. The van der Waals surface area contributed by atoms with Crippen LogP contribution in [0.15, 0.2) is 30.7 Å². The largest absolute Gasteiger partial charge is 0.478 e. The van der Waals surface area contributed by atoms with Crippen LogP contribution >= 0.6 is 0 Å². The predicted molar refractivity (Wildman–Crippen MR) is 73.2 cm³/mol. The van der Waals surface area contributed by atoms with Crippen LogP contribution in [0.2, 0.25) is 0 Å². The summed E-state index contributed by atoms with van der Waals surface area (Å²) in [5.41, 5.74) is -0.571. The molecule has 0 aliphatic rings. The Bertz CT molecular complexity index is 641. The number of nitro groups is 1. The van der Waals surface area contributed by atoms with Crippen LogP contribution in [0.5, 0.6) is 0 Å². The monoisotopic (exact) mass is 291 g/mol. The smallest absolute Gasteiger partial charge is 0.339 e. The maximum Gasteiger partial charge on any atom is 0.339 e. The van der Waals surface area contributed by atoms with Crippen molar-refractivity contribution >= 4 is 17.5 Å². The second kappa shape index (κ2) is 6.46. The third-order valence-corrected chi connectivity index (χ3v) is 2.73. The van der Waals surface area contributed by atoms with Crippen LogP contribution in [0.3, 0.4) is 0 Å². The van der Waals surface area contributed by atoms with Crippen molar-refractivity contribution in [2.75, 3.05) is 11.9 Å². The summed E-state index contributed by atoms with van der Waals surface area (Å²) in [7, 11) is 0. The number of hydrogen-bond donors (Lipinski definition) is 2. The first kappa shape index (κ1) is 14.4. The van der Waals surface area contributed by atoms with Gasteiger partial charge in [-0.05, 0) is 12.5 Å². The average molecular weight is 291 g/mol. The van der Waals surface area contributed by atoms with E-state index in [-0.39, 0.29) is 17.1 Å². The highest BCUT2D eigenvalue weighted by Crippen LogP contribution is 2.19. The summed E-state index contributed by atoms with van der Waals surface area (Å²) in [6.07, 6.45) is 5.24. The molecule has 2 heterocycles. The molecular weight excluding hydrogens is 278 g/mol. The molecule has 2 aromatic rings. The number of aromatic nitrogens is 3. The zero-order valence-electron chi connectivity index (χ0n) is 11.0. The number of rotatable bonds is 7. The van der Waals surface area contributed by atoms with Crippen LogP contribution in [-0.2, 0) is 6.54 Å². The highest BCUT2D eigenvalue weighted by Gasteiger charge is 2.17. The van der Waals surface area contributed by atoms with Gasteiger partial charge in [0, 0.05) is 31.5 Å². The molecule has 110 valence electrons. The molecule has 2 aromatic heterocycles. The number of pyridine rings is 1. The van der Waals surface area contributed by atoms with Gasteiger partial charge in [0.05, 0.1) is 4.92 Å². The van der Waals surface area contributed by atoms with Crippen molar-refractivity contribution < 1.29 is 14.8 Å². The minimum atomic E-state index is -1.26. The van der Waals surface area contributed by atoms with Crippen LogP contribution < -0.4 is 5.32 Å². The summed E-state index contributed by atoms with van der Waals surface area (Å²) in [6.45, 7) is 1.15. The maximum absolute atomic E-state index is 11.1. The highest BCUT2D eigenvalue weighted by atomic mass is 16.6. The highest BCUT2D eigenvalue weighted by molar-refractivity contribution is 5.93. The molecule has 0 aliphatic heterocycles. The maximum atomic E-state index is 11.1. The summed E-state index contributed by atoms with van der Waals surface area (Å²) < 4.78 is 1.75. The molecule has 21 heavy (non-hydrogen) atoms. The first-order valence-corrected chi connectivity index (χ1v) is 6.17. The van der Waals surface area contributed by atoms with Gasteiger partial charge in [-0.3, -0.25) is 14.8 Å². The van der Waals surface area contributed by atoms with Gasteiger partial charge in [-0.2, -0.15) is 5.10 Å². The van der Waals surface area contributed by atoms with Crippen LogP contribution in [-0.4, -0.2) is 37.3 Å². The van der Waals surface area contributed by atoms with E-state index in [1.807, 2.05) is 12.3 Å². The number of aryl methyl sites for hydroxylation is 1. The van der Waals surface area contributed by atoms with Gasteiger partial charge in [-0.15, -0.1) is 0 Å². The van der Waals surface area contributed by atoms with Crippen molar-refractivity contribution in [3.05, 3.63) is 46.4 Å². The lowest BCUT2D eigenvalue weighted by Gasteiger charge is -2.08. The average Bonchev–Trinajstić information content (AvgIpc) is 2.96. The predicted octanol–water partition coefficient (Wildman–Crippen LogP) is 1.39. The van der Waals surface area contributed by atoms with E-state index in [1.54, 1.807) is 10.9 Å². The third-order valence-electron chi connectivity index (χ3n) is 2.73. The molecule has 0 bridgehead atoms. The lowest BCUT2D eigenvalue weighted by Crippen LogP contribution is -2.12. The molecule has 0 saturated carbocycles. The summed E-state index contributed by atoms with van der Waals surface area (Å²) in [6, 6.07) is 2.80. The van der Waals surface area contributed by atoms with Gasteiger partial charge in [0.2, 0.25) is 0 Å². The molecule has 0 spiro atoms. The number of carboxylic acid groups (broad SMARTS) is 1. The van der Waals surface area contributed by atoms with Crippen molar-refractivity contribution in [2.45, 2.75) is 13.0 Å². The lowest BCUT2D eigenvalue weighted by molar-refractivity contribution is -0.385. The quantitative estimate of drug-likeness (QED) is 0.448. The Labute approximate surface area is 119 Å². The normalized spacial score (nSPS) is 10.3. The molecule has 2 rings (SSSR count). The number of hydrogen-bond acceptors (Lipinski definition) is 6. The minimum Gasteiger partial charge on any atom is -0.478 e. The van der Waals surface area contributed by atoms with Gasteiger partial charge in [0.15, 0.2) is 0 Å². The van der Waals surface area contributed by atoms with E-state index >= 15 is 0 Å². The second-order valence-electron chi connectivity index (χ2n) is 4.20. The van der Waals surface area contributed by atoms with E-state index in [0.29, 0.717) is 19.5 Å². The van der Waals surface area contributed by atoms with Gasteiger partial charge >= 0.3 is 5.97 Å². The van der Waals surface area contributed by atoms with Crippen LogP contribution in [0.25, 0.3) is 0 Å². The Morgan fingerprint density at radius 2 is 2.33 bits per heavy atom. The van der Waals surface area contributed by atoms with Crippen LogP contribution in [0.4, 0.5) is 11.5 Å². The number of anilines is 1. The molecular formula is C12H13N5O4. The summed E-state index contributed by atoms with van der Waals surface area (Å²) in [5.74, 6) is -1.14. The van der Waals surface area contributed by atoms with E-state index in [2.05, 4.69) is 15.4 Å². The molecule has 0 fully saturated rings. The van der Waals surface area contributed by atoms with Gasteiger partial charge in [-0.25, -0.2) is 9.78 Å². The number of carboxylic acids is 1. The zero-order valence-corrected chi connectivity index (χ0v) is 11.0. The van der Waals surface area contributed by atoms with Gasteiger partial charge in [0.1, 0.15) is 17.6 Å². The van der Waals surface area contributed by atoms with E-state index in [4.69, 9.17) is 5.11 Å². The first-order chi connectivity index (χ1) is 10.1. The van der Waals surface area contributed by atoms with Crippen LogP contribution in [0.1, 0.15) is 16.8 Å². The fourth-order valence-corrected chi connectivity index (χ4v) is 1.74. The minimum absolute atomic E-state index is 0.119. The Balaban J connectivity index is 1.98. The summed E-state index contributed by atoms with van der Waals surface area (Å²) in [4.78, 5) is 24.8. The second-order valence-corrected chi connectivity index (χ2v) is 4.20. The van der Waals surface area contributed by atoms with Gasteiger partial charge in [-0.1, -0.05) is 0 Å². The molecule has 0 unspecified atom stereocenters. The fraction of sp³-hybridized carbons (Fsp3) is 0.250. The molecule has 0 amide bonds. The molecule has 9 heteroatoms. The fourth-order valence-electron chi connectivity index (χ4n) is 1.74. The molecule has 0 radical (unpaired) electrons. The van der Waals surface area contributed by atoms with E-state index < -0.39 is 10.9 Å². The SMILES string of the molecule is O=C(O)c1cc([N+](=O)[O-])cnc1NCCCn1cccn1. The van der Waals surface area contributed by atoms with Crippen molar-refractivity contribution in [3.8, 4) is 0 Å². The van der Waals surface area contributed by atoms with Gasteiger partial charge < -0.3 is 10.4 Å². The molecule has 0 saturated heterocycles. The Morgan fingerprint density at radius 1 is 1.52 bits per heavy atom. The standard InChI is InChI=1S/C12H13N5O4/c18-12(19)10-7-9(17(20)21)8-14-11(10)13-3-1-5-16-6-2-4-15-16/h2,4,6-8H,1,3,5H2,(H,13,14)(H,18,19). The van der Waals surface area contributed by atoms with Gasteiger partial charge in [0.25, 0.3) is 5.69 Å². The Kier molecular flexibility index (Phi) is 4.44. The summed E-state index contributed by atoms with van der Waals surface area (Å²) in [5, 5.41) is 26.6. The number of nitrogens with zero attached hydrogens (tertiary/aromatic N) is 4. The van der Waals surface area contributed by atoms with Crippen molar-refractivity contribution in [1.29, 1.82) is 0 Å². The first-order valence-electron chi connectivity index (χ1n) is 6.17. The van der Waals surface area contributed by atoms with E-state index in [9.17, 15) is 14.9 Å². The molecule has 9 nitrogen and oxygen atoms in total. The zero-order chi connectivity index (χ0) is 15.2. The number of aromatic carboxylic acids is 1. The van der Waals surface area contributed by atoms with E-state index in [1.165, 1.54) is 0 Å². The topological polar surface area (TPSA) is 123 Å². The molecule has 0 aliphatic carbocycles. The van der Waals surface area contributed by atoms with Crippen molar-refractivity contribution in [3.63, 3.8) is 0 Å². The summed E-state index contributed by atoms with van der Waals surface area (Å²) >= 11 is 0. The Morgan fingerprint density at radius 3 is 2.95 bits per heavy atom. The third kappa shape index (κ3) is 3.75. The Hall–Kier alpha value is -2.97. The lowest BCUT2D eigenvalue weighted by atomic mass is 10.2. The molecule has 0 atom stereocenters. The van der Waals surface area contributed by atoms with Crippen molar-refractivity contribution in [1.82, 2.24) is 14.8 Å². The number of nitrogens with one attached hydrogen (secondary N) is 1. The van der Waals surface area contributed by atoms with Crippen molar-refractivity contribution in [2.24, 2.45) is 0 Å². The van der Waals surface area contributed by atoms with E-state index in [0.717, 1.165) is 12.3 Å². The molecule has 0 aromatic carbocycles. The molecule has 2 N–H and O–H groups in total.